The highest BCUT2D eigenvalue weighted by Gasteiger charge is 2.11. The molecule has 1 N–H and O–H groups in total. The zero-order valence-corrected chi connectivity index (χ0v) is 11.6. The van der Waals surface area contributed by atoms with Crippen LogP contribution in [0.2, 0.25) is 0 Å². The third-order valence-electron chi connectivity index (χ3n) is 3.48. The van der Waals surface area contributed by atoms with Crippen molar-refractivity contribution >= 4 is 16.9 Å². The second kappa shape index (κ2) is 5.38. The van der Waals surface area contributed by atoms with Gasteiger partial charge in [-0.3, -0.25) is 0 Å². The Kier molecular flexibility index (Phi) is 3.84. The van der Waals surface area contributed by atoms with Crippen LogP contribution in [0.4, 0.5) is 5.82 Å². The molecule has 0 saturated heterocycles. The summed E-state index contributed by atoms with van der Waals surface area (Å²) in [6.07, 6.45) is 6.04. The molecule has 98 valence electrons. The molecule has 18 heavy (non-hydrogen) atoms. The number of hydrogen-bond acceptors (Lipinski definition) is 3. The van der Waals surface area contributed by atoms with Crippen molar-refractivity contribution in [3.05, 3.63) is 18.6 Å². The maximum absolute atomic E-state index is 4.41. The number of rotatable bonds is 5. The molecule has 0 aliphatic heterocycles. The van der Waals surface area contributed by atoms with Crippen LogP contribution in [0.25, 0.3) is 11.0 Å². The molecule has 2 heterocycles. The summed E-state index contributed by atoms with van der Waals surface area (Å²) in [6.45, 7) is 6.72. The quantitative estimate of drug-likeness (QED) is 0.881. The molecule has 0 fully saturated rings. The zero-order chi connectivity index (χ0) is 13.1. The lowest BCUT2D eigenvalue weighted by molar-refractivity contribution is 0.483. The van der Waals surface area contributed by atoms with Crippen molar-refractivity contribution in [3.63, 3.8) is 0 Å². The van der Waals surface area contributed by atoms with E-state index in [1.807, 2.05) is 30.2 Å². The molecular weight excluding hydrogens is 224 g/mol. The molecule has 0 aliphatic rings. The van der Waals surface area contributed by atoms with E-state index < -0.39 is 0 Å². The van der Waals surface area contributed by atoms with Crippen LogP contribution >= 0.6 is 0 Å². The van der Waals surface area contributed by atoms with E-state index in [9.17, 15) is 0 Å². The van der Waals surface area contributed by atoms with Gasteiger partial charge in [-0.25, -0.2) is 9.97 Å². The maximum Gasteiger partial charge on any atom is 0.154 e. The summed E-state index contributed by atoms with van der Waals surface area (Å²) >= 11 is 0. The molecule has 0 spiro atoms. The molecule has 2 atom stereocenters. The number of imidazole rings is 1. The Hall–Kier alpha value is -1.58. The number of hydrogen-bond donors (Lipinski definition) is 1. The standard InChI is InChI=1S/C14H22N4/c1-5-10(2)8-11(3)17-14-13-12(6-7-15-14)18(4)9-16-13/h6-7,9-11H,5,8H2,1-4H3,(H,15,17). The third kappa shape index (κ3) is 2.63. The topological polar surface area (TPSA) is 42.7 Å². The molecule has 0 aromatic carbocycles. The van der Waals surface area contributed by atoms with Gasteiger partial charge in [0.25, 0.3) is 0 Å². The van der Waals surface area contributed by atoms with Gasteiger partial charge in [-0.2, -0.15) is 0 Å². The van der Waals surface area contributed by atoms with E-state index in [1.165, 1.54) is 6.42 Å². The van der Waals surface area contributed by atoms with Gasteiger partial charge >= 0.3 is 0 Å². The summed E-state index contributed by atoms with van der Waals surface area (Å²) < 4.78 is 2.02. The first-order valence-electron chi connectivity index (χ1n) is 6.64. The average Bonchev–Trinajstić information content (AvgIpc) is 2.72. The normalized spacial score (nSPS) is 14.7. The van der Waals surface area contributed by atoms with Gasteiger partial charge in [0, 0.05) is 19.3 Å². The Morgan fingerprint density at radius 2 is 2.11 bits per heavy atom. The molecule has 0 amide bonds. The van der Waals surface area contributed by atoms with Gasteiger partial charge < -0.3 is 9.88 Å². The average molecular weight is 246 g/mol. The van der Waals surface area contributed by atoms with Crippen LogP contribution in [0.3, 0.4) is 0 Å². The van der Waals surface area contributed by atoms with E-state index in [4.69, 9.17) is 0 Å². The van der Waals surface area contributed by atoms with Crippen LogP contribution in [-0.4, -0.2) is 20.6 Å². The lowest BCUT2D eigenvalue weighted by Gasteiger charge is -2.18. The first-order chi connectivity index (χ1) is 8.61. The SMILES string of the molecule is CCC(C)CC(C)Nc1nccc2c1ncn2C. The van der Waals surface area contributed by atoms with Crippen LogP contribution in [0.1, 0.15) is 33.6 Å². The minimum absolute atomic E-state index is 0.417. The summed E-state index contributed by atoms with van der Waals surface area (Å²) in [7, 11) is 2.00. The molecular formula is C14H22N4. The zero-order valence-electron chi connectivity index (χ0n) is 11.6. The molecule has 0 radical (unpaired) electrons. The lowest BCUT2D eigenvalue weighted by Crippen LogP contribution is -2.19. The molecule has 2 aromatic heterocycles. The molecule has 0 aliphatic carbocycles. The molecule has 0 saturated carbocycles. The smallest absolute Gasteiger partial charge is 0.154 e. The molecule has 0 bridgehead atoms. The van der Waals surface area contributed by atoms with Gasteiger partial charge in [-0.15, -0.1) is 0 Å². The van der Waals surface area contributed by atoms with Crippen molar-refractivity contribution in [2.75, 3.05) is 5.32 Å². The number of pyridine rings is 1. The lowest BCUT2D eigenvalue weighted by atomic mass is 10.0. The third-order valence-corrected chi connectivity index (χ3v) is 3.48. The van der Waals surface area contributed by atoms with Crippen LogP contribution in [-0.2, 0) is 7.05 Å². The first kappa shape index (κ1) is 12.9. The second-order valence-electron chi connectivity index (χ2n) is 5.18. The Labute approximate surface area is 108 Å². The van der Waals surface area contributed by atoms with Gasteiger partial charge in [0.2, 0.25) is 0 Å². The number of anilines is 1. The van der Waals surface area contributed by atoms with Gasteiger partial charge in [0.15, 0.2) is 5.82 Å². The fraction of sp³-hybridized carbons (Fsp3) is 0.571. The Morgan fingerprint density at radius 3 is 2.83 bits per heavy atom. The van der Waals surface area contributed by atoms with Gasteiger partial charge in [0.05, 0.1) is 11.8 Å². The van der Waals surface area contributed by atoms with Gasteiger partial charge in [0.1, 0.15) is 5.52 Å². The Morgan fingerprint density at radius 1 is 1.33 bits per heavy atom. The minimum atomic E-state index is 0.417. The Balaban J connectivity index is 2.16. The number of fused-ring (bicyclic) bond motifs is 1. The van der Waals surface area contributed by atoms with Crippen molar-refractivity contribution in [1.29, 1.82) is 0 Å². The summed E-state index contributed by atoms with van der Waals surface area (Å²) in [6, 6.07) is 2.41. The van der Waals surface area contributed by atoms with Crippen molar-refractivity contribution in [1.82, 2.24) is 14.5 Å². The van der Waals surface area contributed by atoms with E-state index in [0.29, 0.717) is 6.04 Å². The monoisotopic (exact) mass is 246 g/mol. The predicted molar refractivity (Wildman–Crippen MR) is 75.7 cm³/mol. The molecule has 4 nitrogen and oxygen atoms in total. The number of aryl methyl sites for hydroxylation is 1. The van der Waals surface area contributed by atoms with E-state index >= 15 is 0 Å². The molecule has 2 unspecified atom stereocenters. The highest BCUT2D eigenvalue weighted by atomic mass is 15.1. The first-order valence-corrected chi connectivity index (χ1v) is 6.64. The van der Waals surface area contributed by atoms with Crippen LogP contribution in [0.15, 0.2) is 18.6 Å². The number of aromatic nitrogens is 3. The van der Waals surface area contributed by atoms with E-state index in [1.54, 1.807) is 0 Å². The maximum atomic E-state index is 4.41. The van der Waals surface area contributed by atoms with Crippen molar-refractivity contribution in [3.8, 4) is 0 Å². The van der Waals surface area contributed by atoms with E-state index in [0.717, 1.165) is 29.2 Å². The largest absolute Gasteiger partial charge is 0.366 e. The summed E-state index contributed by atoms with van der Waals surface area (Å²) in [5.41, 5.74) is 2.07. The van der Waals surface area contributed by atoms with Crippen LogP contribution in [0.5, 0.6) is 0 Å². The van der Waals surface area contributed by atoms with E-state index in [-0.39, 0.29) is 0 Å². The molecule has 4 heteroatoms. The Bertz CT molecular complexity index is 517. The fourth-order valence-corrected chi connectivity index (χ4v) is 2.23. The van der Waals surface area contributed by atoms with Crippen molar-refractivity contribution < 1.29 is 0 Å². The minimum Gasteiger partial charge on any atom is -0.366 e. The molecule has 2 rings (SSSR count). The second-order valence-corrected chi connectivity index (χ2v) is 5.18. The fourth-order valence-electron chi connectivity index (χ4n) is 2.23. The van der Waals surface area contributed by atoms with Gasteiger partial charge in [-0.05, 0) is 25.3 Å². The summed E-state index contributed by atoms with van der Waals surface area (Å²) in [5, 5.41) is 3.48. The van der Waals surface area contributed by atoms with Crippen molar-refractivity contribution in [2.45, 2.75) is 39.7 Å². The summed E-state index contributed by atoms with van der Waals surface area (Å²) in [4.78, 5) is 8.81. The van der Waals surface area contributed by atoms with Gasteiger partial charge in [-0.1, -0.05) is 20.3 Å². The van der Waals surface area contributed by atoms with E-state index in [2.05, 4.69) is 36.1 Å². The number of nitrogens with zero attached hydrogens (tertiary/aromatic N) is 3. The summed E-state index contributed by atoms with van der Waals surface area (Å²) in [5.74, 6) is 1.62. The highest BCUT2D eigenvalue weighted by Crippen LogP contribution is 2.20. The van der Waals surface area contributed by atoms with Crippen LogP contribution < -0.4 is 5.32 Å². The highest BCUT2D eigenvalue weighted by molar-refractivity contribution is 5.85. The van der Waals surface area contributed by atoms with Crippen molar-refractivity contribution in [2.24, 2.45) is 13.0 Å². The molecule has 2 aromatic rings. The van der Waals surface area contributed by atoms with Crippen LogP contribution in [0, 0.1) is 5.92 Å². The predicted octanol–water partition coefficient (Wildman–Crippen LogP) is 3.20. The number of nitrogens with one attached hydrogen (secondary N) is 1.